The number of urea groups is 1. The Morgan fingerprint density at radius 3 is 2.50 bits per heavy atom. The maximum absolute atomic E-state index is 11.3. The van der Waals surface area contributed by atoms with Crippen LogP contribution in [0, 0.1) is 0 Å². The average Bonchev–Trinajstić information content (AvgIpc) is 2.22. The van der Waals surface area contributed by atoms with Crippen molar-refractivity contribution >= 4 is 29.7 Å². The van der Waals surface area contributed by atoms with E-state index in [1.807, 2.05) is 11.6 Å². The third-order valence-corrected chi connectivity index (χ3v) is 2.18. The second-order valence-corrected chi connectivity index (χ2v) is 3.87. The first-order valence-electron chi connectivity index (χ1n) is 4.43. The number of amides is 3. The zero-order chi connectivity index (χ0) is 12.6. The summed E-state index contributed by atoms with van der Waals surface area (Å²) in [5, 5.41) is 10.3. The number of carboxylic acids is 1. The molecule has 0 aromatic carbocycles. The summed E-state index contributed by atoms with van der Waals surface area (Å²) in [6.45, 7) is 0.517. The minimum Gasteiger partial charge on any atom is -0.478 e. The molecule has 0 unspecified atom stereocenters. The van der Waals surface area contributed by atoms with Crippen molar-refractivity contribution in [2.75, 3.05) is 25.6 Å². The smallest absolute Gasteiger partial charge is 0.328 e. The highest BCUT2D eigenvalue weighted by molar-refractivity contribution is 7.98. The van der Waals surface area contributed by atoms with Crippen molar-refractivity contribution < 1.29 is 19.5 Å². The molecule has 7 heteroatoms. The van der Waals surface area contributed by atoms with Gasteiger partial charge < -0.3 is 10.0 Å². The van der Waals surface area contributed by atoms with Gasteiger partial charge in [0, 0.05) is 31.5 Å². The van der Waals surface area contributed by atoms with Crippen molar-refractivity contribution in [3.63, 3.8) is 0 Å². The molecule has 0 heterocycles. The third kappa shape index (κ3) is 6.88. The van der Waals surface area contributed by atoms with Crippen LogP contribution in [0.2, 0.25) is 0 Å². The number of aliphatic carboxylic acids is 1. The topological polar surface area (TPSA) is 86.7 Å². The monoisotopic (exact) mass is 246 g/mol. The summed E-state index contributed by atoms with van der Waals surface area (Å²) >= 11 is 1.58. The number of hydrogen-bond acceptors (Lipinski definition) is 4. The summed E-state index contributed by atoms with van der Waals surface area (Å²) in [5.74, 6) is -1.22. The van der Waals surface area contributed by atoms with Crippen LogP contribution in [0.15, 0.2) is 12.2 Å². The fourth-order valence-electron chi connectivity index (χ4n) is 0.719. The fraction of sp³-hybridized carbons (Fsp3) is 0.444. The number of carbonyl (C=O) groups is 3. The molecular weight excluding hydrogens is 232 g/mol. The Morgan fingerprint density at radius 1 is 1.38 bits per heavy atom. The molecule has 0 saturated heterocycles. The zero-order valence-corrected chi connectivity index (χ0v) is 9.91. The Labute approximate surface area is 97.7 Å². The van der Waals surface area contributed by atoms with Gasteiger partial charge in [0.25, 0.3) is 5.91 Å². The number of rotatable bonds is 5. The van der Waals surface area contributed by atoms with Gasteiger partial charge in [0.05, 0.1) is 0 Å². The van der Waals surface area contributed by atoms with E-state index in [2.05, 4.69) is 0 Å². The molecule has 0 radical (unpaired) electrons. The highest BCUT2D eigenvalue weighted by Gasteiger charge is 2.09. The zero-order valence-electron chi connectivity index (χ0n) is 9.10. The second-order valence-electron chi connectivity index (χ2n) is 2.88. The number of carboxylic acid groups (broad SMARTS) is 1. The lowest BCUT2D eigenvalue weighted by molar-refractivity contribution is -0.131. The van der Waals surface area contributed by atoms with E-state index in [9.17, 15) is 14.4 Å². The van der Waals surface area contributed by atoms with Crippen molar-refractivity contribution in [1.82, 2.24) is 10.2 Å². The summed E-state index contributed by atoms with van der Waals surface area (Å²) in [5.41, 5.74) is 0. The molecule has 0 spiro atoms. The maximum atomic E-state index is 11.3. The van der Waals surface area contributed by atoms with Crippen LogP contribution >= 0.6 is 11.8 Å². The largest absolute Gasteiger partial charge is 0.478 e. The van der Waals surface area contributed by atoms with Gasteiger partial charge in [-0.3, -0.25) is 10.1 Å². The van der Waals surface area contributed by atoms with E-state index in [1.165, 1.54) is 4.90 Å². The number of imide groups is 1. The van der Waals surface area contributed by atoms with Crippen molar-refractivity contribution in [1.29, 1.82) is 0 Å². The first kappa shape index (κ1) is 14.5. The number of nitrogens with one attached hydrogen (secondary N) is 1. The van der Waals surface area contributed by atoms with Gasteiger partial charge >= 0.3 is 12.0 Å². The Kier molecular flexibility index (Phi) is 7.02. The van der Waals surface area contributed by atoms with E-state index >= 15 is 0 Å². The average molecular weight is 246 g/mol. The molecular formula is C9H14N2O4S. The van der Waals surface area contributed by atoms with E-state index in [4.69, 9.17) is 5.11 Å². The summed E-state index contributed by atoms with van der Waals surface area (Å²) in [6.07, 6.45) is 3.37. The Hall–Kier alpha value is -1.50. The van der Waals surface area contributed by atoms with Crippen molar-refractivity contribution in [3.8, 4) is 0 Å². The Morgan fingerprint density at radius 2 is 2.00 bits per heavy atom. The van der Waals surface area contributed by atoms with Gasteiger partial charge in [-0.05, 0) is 6.26 Å². The SMILES string of the molecule is CSCCN(C)C(=O)NC(=O)/C=C/C(=O)O. The molecule has 0 aromatic heterocycles. The molecule has 0 saturated carbocycles. The van der Waals surface area contributed by atoms with Gasteiger partial charge in [-0.1, -0.05) is 0 Å². The van der Waals surface area contributed by atoms with Crippen molar-refractivity contribution in [2.45, 2.75) is 0 Å². The van der Waals surface area contributed by atoms with Crippen molar-refractivity contribution in [2.24, 2.45) is 0 Å². The molecule has 16 heavy (non-hydrogen) atoms. The maximum Gasteiger partial charge on any atom is 0.328 e. The van der Waals surface area contributed by atoms with Crippen molar-refractivity contribution in [3.05, 3.63) is 12.2 Å². The van der Waals surface area contributed by atoms with Crippen LogP contribution in [0.25, 0.3) is 0 Å². The van der Waals surface area contributed by atoms with E-state index in [1.54, 1.807) is 18.8 Å². The molecule has 2 N–H and O–H groups in total. The van der Waals surface area contributed by atoms with Crippen LogP contribution in [0.1, 0.15) is 0 Å². The van der Waals surface area contributed by atoms with Gasteiger partial charge in [-0.25, -0.2) is 9.59 Å². The number of nitrogens with zero attached hydrogens (tertiary/aromatic N) is 1. The van der Waals surface area contributed by atoms with E-state index < -0.39 is 17.9 Å². The Bertz CT molecular complexity index is 304. The molecule has 0 aliphatic rings. The number of carbonyl (C=O) groups excluding carboxylic acids is 2. The summed E-state index contributed by atoms with van der Waals surface area (Å²) in [6, 6.07) is -0.547. The minimum atomic E-state index is -1.24. The second kappa shape index (κ2) is 7.75. The van der Waals surface area contributed by atoms with E-state index in [-0.39, 0.29) is 0 Å². The third-order valence-electron chi connectivity index (χ3n) is 1.58. The summed E-state index contributed by atoms with van der Waals surface area (Å²) in [4.78, 5) is 33.8. The molecule has 0 aliphatic heterocycles. The minimum absolute atomic E-state index is 0.517. The first-order chi connectivity index (χ1) is 7.47. The number of hydrogen-bond donors (Lipinski definition) is 2. The molecule has 90 valence electrons. The van der Waals surface area contributed by atoms with Crippen LogP contribution in [-0.4, -0.2) is 53.5 Å². The predicted molar refractivity (Wildman–Crippen MR) is 61.3 cm³/mol. The molecule has 0 bridgehead atoms. The van der Waals surface area contributed by atoms with Crippen LogP contribution in [-0.2, 0) is 9.59 Å². The highest BCUT2D eigenvalue weighted by Crippen LogP contribution is 1.93. The molecule has 3 amide bonds. The van der Waals surface area contributed by atoms with Crippen LogP contribution in [0.5, 0.6) is 0 Å². The molecule has 0 rings (SSSR count). The predicted octanol–water partition coefficient (Wildman–Crippen LogP) is 0.158. The molecule has 0 aliphatic carbocycles. The standard InChI is InChI=1S/C9H14N2O4S/c1-11(5-6-16-2)9(15)10-7(12)3-4-8(13)14/h3-4H,5-6H2,1-2H3,(H,13,14)(H,10,12,15)/b4-3+. The summed E-state index contributed by atoms with van der Waals surface area (Å²) < 4.78 is 0. The molecule has 0 aromatic rings. The summed E-state index contributed by atoms with van der Waals surface area (Å²) in [7, 11) is 1.56. The van der Waals surface area contributed by atoms with Gasteiger partial charge in [0.2, 0.25) is 0 Å². The van der Waals surface area contributed by atoms with Crippen LogP contribution < -0.4 is 5.32 Å². The lowest BCUT2D eigenvalue weighted by atomic mass is 10.4. The quantitative estimate of drug-likeness (QED) is 0.675. The van der Waals surface area contributed by atoms with Gasteiger partial charge in [0.15, 0.2) is 0 Å². The van der Waals surface area contributed by atoms with E-state index in [0.717, 1.165) is 11.8 Å². The fourth-order valence-corrected chi connectivity index (χ4v) is 1.18. The molecule has 0 atom stereocenters. The van der Waals surface area contributed by atoms with Gasteiger partial charge in [-0.2, -0.15) is 11.8 Å². The normalized spacial score (nSPS) is 10.1. The Balaban J connectivity index is 4.03. The lowest BCUT2D eigenvalue weighted by Crippen LogP contribution is -2.41. The van der Waals surface area contributed by atoms with E-state index in [0.29, 0.717) is 12.6 Å². The van der Waals surface area contributed by atoms with Crippen LogP contribution in [0.4, 0.5) is 4.79 Å². The van der Waals surface area contributed by atoms with Crippen LogP contribution in [0.3, 0.4) is 0 Å². The van der Waals surface area contributed by atoms with Gasteiger partial charge in [0.1, 0.15) is 0 Å². The molecule has 0 fully saturated rings. The highest BCUT2D eigenvalue weighted by atomic mass is 32.2. The molecule has 6 nitrogen and oxygen atoms in total. The first-order valence-corrected chi connectivity index (χ1v) is 5.82. The number of thioether (sulfide) groups is 1. The lowest BCUT2D eigenvalue weighted by Gasteiger charge is -2.15. The van der Waals surface area contributed by atoms with Gasteiger partial charge in [-0.15, -0.1) is 0 Å².